The van der Waals surface area contributed by atoms with E-state index >= 15 is 0 Å². The molecule has 20 heavy (non-hydrogen) atoms. The van der Waals surface area contributed by atoms with Crippen LogP contribution in [0.4, 0.5) is 0 Å². The van der Waals surface area contributed by atoms with Crippen LogP contribution in [0.25, 0.3) is 0 Å². The Morgan fingerprint density at radius 2 is 1.85 bits per heavy atom. The van der Waals surface area contributed by atoms with Crippen LogP contribution in [0, 0.1) is 13.8 Å². The van der Waals surface area contributed by atoms with Gasteiger partial charge in [-0.15, -0.1) is 0 Å². The normalized spacial score (nSPS) is 11.2. The van der Waals surface area contributed by atoms with Gasteiger partial charge in [0.1, 0.15) is 5.57 Å². The molecule has 0 spiro atoms. The lowest BCUT2D eigenvalue weighted by molar-refractivity contribution is -0.138. The van der Waals surface area contributed by atoms with Crippen molar-refractivity contribution in [3.63, 3.8) is 0 Å². The second kappa shape index (κ2) is 6.89. The second-order valence-corrected chi connectivity index (χ2v) is 4.86. The highest BCUT2D eigenvalue weighted by Crippen LogP contribution is 2.15. The fraction of sp³-hybridized carbons (Fsp3) is 0.375. The fourth-order valence-electron chi connectivity index (χ4n) is 1.71. The van der Waals surface area contributed by atoms with Gasteiger partial charge in [-0.1, -0.05) is 12.1 Å². The fourth-order valence-corrected chi connectivity index (χ4v) is 1.71. The van der Waals surface area contributed by atoms with Crippen LogP contribution < -0.4 is 0 Å². The Morgan fingerprint density at radius 3 is 2.35 bits per heavy atom. The highest BCUT2D eigenvalue weighted by molar-refractivity contribution is 6.24. The first-order chi connectivity index (χ1) is 9.36. The van der Waals surface area contributed by atoms with Crippen LogP contribution in [0.5, 0.6) is 0 Å². The number of benzene rings is 1. The first-order valence-corrected chi connectivity index (χ1v) is 6.54. The summed E-state index contributed by atoms with van der Waals surface area (Å²) in [5, 5.41) is 0. The van der Waals surface area contributed by atoms with Gasteiger partial charge in [0.2, 0.25) is 5.78 Å². The van der Waals surface area contributed by atoms with Gasteiger partial charge in [0, 0.05) is 25.9 Å². The lowest BCUT2D eigenvalue weighted by atomic mass is 9.99. The van der Waals surface area contributed by atoms with Crippen molar-refractivity contribution < 1.29 is 14.3 Å². The van der Waals surface area contributed by atoms with E-state index in [-0.39, 0.29) is 18.0 Å². The van der Waals surface area contributed by atoms with E-state index in [0.717, 1.165) is 11.1 Å². The summed E-state index contributed by atoms with van der Waals surface area (Å²) in [6.45, 7) is 5.87. The molecular formula is C16H21NO3. The molecule has 0 bridgehead atoms. The van der Waals surface area contributed by atoms with E-state index in [4.69, 9.17) is 4.74 Å². The molecule has 0 fully saturated rings. The maximum Gasteiger partial charge on any atom is 0.343 e. The zero-order valence-electron chi connectivity index (χ0n) is 12.7. The Bertz CT molecular complexity index is 545. The second-order valence-electron chi connectivity index (χ2n) is 4.86. The Hall–Kier alpha value is -2.10. The molecule has 0 aliphatic carbocycles. The number of nitrogens with zero attached hydrogens (tertiary/aromatic N) is 1. The topological polar surface area (TPSA) is 46.6 Å². The number of carbonyl (C=O) groups is 2. The number of Topliss-reactive ketones (excluding diaryl/α,β-unsaturated/α-hetero) is 1. The van der Waals surface area contributed by atoms with Gasteiger partial charge in [-0.05, 0) is 38.0 Å². The van der Waals surface area contributed by atoms with Gasteiger partial charge in [-0.25, -0.2) is 4.79 Å². The van der Waals surface area contributed by atoms with Crippen LogP contribution in [0.3, 0.4) is 0 Å². The Kier molecular flexibility index (Phi) is 5.50. The quantitative estimate of drug-likeness (QED) is 0.272. The van der Waals surface area contributed by atoms with E-state index in [1.165, 1.54) is 6.20 Å². The number of carbonyl (C=O) groups excluding carboxylic acids is 2. The maximum absolute atomic E-state index is 12.5. The minimum Gasteiger partial charge on any atom is -0.462 e. The molecule has 0 amide bonds. The molecule has 0 heterocycles. The Balaban J connectivity index is 3.16. The molecule has 0 radical (unpaired) electrons. The number of hydrogen-bond acceptors (Lipinski definition) is 4. The predicted octanol–water partition coefficient (Wildman–Crippen LogP) is 2.49. The van der Waals surface area contributed by atoms with Gasteiger partial charge in [0.15, 0.2) is 0 Å². The molecule has 0 atom stereocenters. The van der Waals surface area contributed by atoms with Gasteiger partial charge >= 0.3 is 5.97 Å². The van der Waals surface area contributed by atoms with Crippen molar-refractivity contribution in [2.75, 3.05) is 20.7 Å². The van der Waals surface area contributed by atoms with Gasteiger partial charge < -0.3 is 9.64 Å². The SMILES string of the molecule is CCOC(=O)C(=CN(C)C)C(=O)c1ccc(C)c(C)c1. The van der Waals surface area contributed by atoms with Crippen LogP contribution in [-0.2, 0) is 9.53 Å². The average Bonchev–Trinajstić information content (AvgIpc) is 2.38. The third-order valence-electron chi connectivity index (χ3n) is 2.90. The van der Waals surface area contributed by atoms with Crippen LogP contribution in [0.1, 0.15) is 28.4 Å². The first kappa shape index (κ1) is 16.0. The van der Waals surface area contributed by atoms with Crippen molar-refractivity contribution in [1.82, 2.24) is 4.90 Å². The summed E-state index contributed by atoms with van der Waals surface area (Å²) in [5.74, 6) is -0.912. The summed E-state index contributed by atoms with van der Waals surface area (Å²) in [4.78, 5) is 26.0. The van der Waals surface area contributed by atoms with Crippen molar-refractivity contribution in [3.05, 3.63) is 46.7 Å². The molecule has 4 nitrogen and oxygen atoms in total. The molecule has 0 N–H and O–H groups in total. The first-order valence-electron chi connectivity index (χ1n) is 6.54. The standard InChI is InChI=1S/C16H21NO3/c1-6-20-16(19)14(10-17(4)5)15(18)13-8-7-11(2)12(3)9-13/h7-10H,6H2,1-5H3. The maximum atomic E-state index is 12.5. The van der Waals surface area contributed by atoms with Crippen molar-refractivity contribution in [2.45, 2.75) is 20.8 Å². The van der Waals surface area contributed by atoms with E-state index in [1.807, 2.05) is 19.9 Å². The predicted molar refractivity (Wildman–Crippen MR) is 78.6 cm³/mol. The van der Waals surface area contributed by atoms with Crippen LogP contribution >= 0.6 is 0 Å². The summed E-state index contributed by atoms with van der Waals surface area (Å²) in [5.41, 5.74) is 2.66. The summed E-state index contributed by atoms with van der Waals surface area (Å²) in [6.07, 6.45) is 1.50. The third kappa shape index (κ3) is 3.95. The Morgan fingerprint density at radius 1 is 1.20 bits per heavy atom. The summed E-state index contributed by atoms with van der Waals surface area (Å²) in [7, 11) is 3.51. The molecule has 0 saturated carbocycles. The molecule has 108 valence electrons. The molecular weight excluding hydrogens is 254 g/mol. The van der Waals surface area contributed by atoms with Crippen LogP contribution in [-0.4, -0.2) is 37.4 Å². The highest BCUT2D eigenvalue weighted by atomic mass is 16.5. The zero-order chi connectivity index (χ0) is 15.3. The minimum absolute atomic E-state index is 0.0418. The highest BCUT2D eigenvalue weighted by Gasteiger charge is 2.21. The smallest absolute Gasteiger partial charge is 0.343 e. The molecule has 1 rings (SSSR count). The van der Waals surface area contributed by atoms with Gasteiger partial charge in [-0.3, -0.25) is 4.79 Å². The summed E-state index contributed by atoms with van der Waals surface area (Å²) >= 11 is 0. The zero-order valence-corrected chi connectivity index (χ0v) is 12.7. The third-order valence-corrected chi connectivity index (χ3v) is 2.90. The van der Waals surface area contributed by atoms with E-state index in [9.17, 15) is 9.59 Å². The van der Waals surface area contributed by atoms with E-state index < -0.39 is 5.97 Å². The number of hydrogen-bond donors (Lipinski definition) is 0. The molecule has 0 aliphatic rings. The molecule has 0 unspecified atom stereocenters. The molecule has 1 aromatic carbocycles. The van der Waals surface area contributed by atoms with Crippen LogP contribution in [0.2, 0.25) is 0 Å². The lowest BCUT2D eigenvalue weighted by Gasteiger charge is -2.11. The lowest BCUT2D eigenvalue weighted by Crippen LogP contribution is -2.19. The average molecular weight is 275 g/mol. The van der Waals surface area contributed by atoms with Crippen molar-refractivity contribution >= 4 is 11.8 Å². The number of rotatable bonds is 5. The van der Waals surface area contributed by atoms with Crippen molar-refractivity contribution in [3.8, 4) is 0 Å². The number of ketones is 1. The summed E-state index contributed by atoms with van der Waals surface area (Å²) < 4.78 is 4.95. The number of esters is 1. The Labute approximate surface area is 120 Å². The van der Waals surface area contributed by atoms with E-state index in [0.29, 0.717) is 5.56 Å². The van der Waals surface area contributed by atoms with E-state index in [2.05, 4.69) is 0 Å². The van der Waals surface area contributed by atoms with Crippen molar-refractivity contribution in [2.24, 2.45) is 0 Å². The summed E-state index contributed by atoms with van der Waals surface area (Å²) in [6, 6.07) is 5.40. The molecule has 0 aromatic heterocycles. The minimum atomic E-state index is -0.593. The van der Waals surface area contributed by atoms with Gasteiger partial charge in [0.05, 0.1) is 6.61 Å². The van der Waals surface area contributed by atoms with Gasteiger partial charge in [0.25, 0.3) is 0 Å². The molecule has 0 aliphatic heterocycles. The van der Waals surface area contributed by atoms with Crippen molar-refractivity contribution in [1.29, 1.82) is 0 Å². The van der Waals surface area contributed by atoms with Crippen LogP contribution in [0.15, 0.2) is 30.0 Å². The largest absolute Gasteiger partial charge is 0.462 e. The molecule has 4 heteroatoms. The number of ether oxygens (including phenoxy) is 1. The van der Waals surface area contributed by atoms with Gasteiger partial charge in [-0.2, -0.15) is 0 Å². The van der Waals surface area contributed by atoms with E-state index in [1.54, 1.807) is 38.1 Å². The monoisotopic (exact) mass is 275 g/mol. The molecule has 0 saturated heterocycles. The number of aryl methyl sites for hydroxylation is 2. The molecule has 1 aromatic rings.